The van der Waals surface area contributed by atoms with Crippen LogP contribution < -0.4 is 4.74 Å². The van der Waals surface area contributed by atoms with Gasteiger partial charge < -0.3 is 18.7 Å². The molecule has 1 N–H and O–H groups in total. The van der Waals surface area contributed by atoms with Gasteiger partial charge in [0.2, 0.25) is 11.7 Å². The first-order chi connectivity index (χ1) is 13.7. The highest BCUT2D eigenvalue weighted by atomic mass is 16.5. The molecule has 3 heterocycles. The topological polar surface area (TPSA) is 77.1 Å². The largest absolute Gasteiger partial charge is 0.497 e. The minimum Gasteiger partial charge on any atom is -0.497 e. The van der Waals surface area contributed by atoms with E-state index in [4.69, 9.17) is 13.7 Å². The van der Waals surface area contributed by atoms with Gasteiger partial charge in [-0.1, -0.05) is 23.4 Å². The van der Waals surface area contributed by atoms with E-state index in [0.717, 1.165) is 34.2 Å². The predicted octanol–water partition coefficient (Wildman–Crippen LogP) is 5.07. The summed E-state index contributed by atoms with van der Waals surface area (Å²) in [7, 11) is 1.65. The van der Waals surface area contributed by atoms with Crippen molar-refractivity contribution in [1.29, 1.82) is 0 Å². The molecule has 2 aromatic carbocycles. The Morgan fingerprint density at radius 1 is 1.07 bits per heavy atom. The summed E-state index contributed by atoms with van der Waals surface area (Å²) in [6.45, 7) is 1.99. The maximum Gasteiger partial charge on any atom is 0.238 e. The molecule has 0 saturated carbocycles. The summed E-state index contributed by atoms with van der Waals surface area (Å²) in [5.74, 6) is 2.49. The number of para-hydroxylation sites is 1. The van der Waals surface area contributed by atoms with Crippen molar-refractivity contribution in [1.82, 2.24) is 15.1 Å². The Hall–Kier alpha value is -3.54. The second-order valence-electron chi connectivity index (χ2n) is 6.79. The SMILES string of the molecule is COc1ccc2oc(-c3noc(CCc4c[nH]c5ccccc45)n3)c(C)c2c1. The smallest absolute Gasteiger partial charge is 0.238 e. The first-order valence-corrected chi connectivity index (χ1v) is 9.18. The van der Waals surface area contributed by atoms with Crippen molar-refractivity contribution in [3.8, 4) is 17.3 Å². The molecule has 0 spiro atoms. The van der Waals surface area contributed by atoms with Gasteiger partial charge in [0, 0.05) is 34.5 Å². The van der Waals surface area contributed by atoms with Crippen molar-refractivity contribution in [2.45, 2.75) is 19.8 Å². The van der Waals surface area contributed by atoms with Crippen molar-refractivity contribution in [3.05, 3.63) is 65.7 Å². The van der Waals surface area contributed by atoms with E-state index < -0.39 is 0 Å². The van der Waals surface area contributed by atoms with Crippen molar-refractivity contribution in [2.24, 2.45) is 0 Å². The summed E-state index contributed by atoms with van der Waals surface area (Å²) in [4.78, 5) is 7.84. The molecule has 28 heavy (non-hydrogen) atoms. The molecule has 140 valence electrons. The minimum absolute atomic E-state index is 0.474. The molecule has 0 aliphatic carbocycles. The van der Waals surface area contributed by atoms with E-state index in [1.807, 2.05) is 43.5 Å². The fourth-order valence-corrected chi connectivity index (χ4v) is 3.57. The Morgan fingerprint density at radius 3 is 2.86 bits per heavy atom. The third-order valence-electron chi connectivity index (χ3n) is 5.10. The number of hydrogen-bond donors (Lipinski definition) is 1. The lowest BCUT2D eigenvalue weighted by atomic mass is 10.1. The van der Waals surface area contributed by atoms with E-state index in [2.05, 4.69) is 27.3 Å². The Labute approximate surface area is 161 Å². The number of rotatable bonds is 5. The molecule has 0 aliphatic heterocycles. The molecule has 0 amide bonds. The van der Waals surface area contributed by atoms with E-state index in [1.165, 1.54) is 10.9 Å². The van der Waals surface area contributed by atoms with Crippen LogP contribution in [-0.2, 0) is 12.8 Å². The number of aryl methyl sites for hydroxylation is 3. The van der Waals surface area contributed by atoms with Crippen LogP contribution in [0.25, 0.3) is 33.5 Å². The van der Waals surface area contributed by atoms with E-state index in [-0.39, 0.29) is 0 Å². The number of H-pyrrole nitrogens is 1. The summed E-state index contributed by atoms with van der Waals surface area (Å²) in [5.41, 5.74) is 4.12. The number of nitrogens with zero attached hydrogens (tertiary/aromatic N) is 2. The van der Waals surface area contributed by atoms with Gasteiger partial charge >= 0.3 is 0 Å². The van der Waals surface area contributed by atoms with E-state index >= 15 is 0 Å². The second-order valence-corrected chi connectivity index (χ2v) is 6.79. The summed E-state index contributed by atoms with van der Waals surface area (Å²) in [6.07, 6.45) is 3.53. The monoisotopic (exact) mass is 373 g/mol. The van der Waals surface area contributed by atoms with Crippen LogP contribution in [0.2, 0.25) is 0 Å². The highest BCUT2D eigenvalue weighted by Gasteiger charge is 2.18. The Balaban J connectivity index is 1.40. The minimum atomic E-state index is 0.474. The first-order valence-electron chi connectivity index (χ1n) is 9.18. The molecular formula is C22H19N3O3. The zero-order chi connectivity index (χ0) is 19.1. The number of hydrogen-bond acceptors (Lipinski definition) is 5. The van der Waals surface area contributed by atoms with Gasteiger partial charge in [0.1, 0.15) is 11.3 Å². The van der Waals surface area contributed by atoms with Gasteiger partial charge in [-0.3, -0.25) is 0 Å². The number of aromatic amines is 1. The lowest BCUT2D eigenvalue weighted by Crippen LogP contribution is -1.91. The van der Waals surface area contributed by atoms with Gasteiger partial charge in [0.15, 0.2) is 5.76 Å². The van der Waals surface area contributed by atoms with Crippen molar-refractivity contribution in [3.63, 3.8) is 0 Å². The summed E-state index contributed by atoms with van der Waals surface area (Å²) < 4.78 is 16.7. The van der Waals surface area contributed by atoms with Crippen LogP contribution in [0.4, 0.5) is 0 Å². The maximum atomic E-state index is 5.96. The lowest BCUT2D eigenvalue weighted by molar-refractivity contribution is 0.378. The summed E-state index contributed by atoms with van der Waals surface area (Å²) >= 11 is 0. The van der Waals surface area contributed by atoms with Gasteiger partial charge in [-0.2, -0.15) is 4.98 Å². The molecule has 5 aromatic rings. The zero-order valence-electron chi connectivity index (χ0n) is 15.7. The van der Waals surface area contributed by atoms with Crippen LogP contribution in [0.1, 0.15) is 17.0 Å². The molecule has 0 radical (unpaired) electrons. The lowest BCUT2D eigenvalue weighted by Gasteiger charge is -1.97. The van der Waals surface area contributed by atoms with Crippen molar-refractivity contribution in [2.75, 3.05) is 7.11 Å². The fraction of sp³-hybridized carbons (Fsp3) is 0.182. The number of furan rings is 1. The third-order valence-corrected chi connectivity index (χ3v) is 5.10. The van der Waals surface area contributed by atoms with Gasteiger partial charge in [-0.05, 0) is 43.2 Å². The molecule has 0 aliphatic rings. The van der Waals surface area contributed by atoms with Crippen molar-refractivity contribution >= 4 is 21.9 Å². The van der Waals surface area contributed by atoms with Gasteiger partial charge in [-0.25, -0.2) is 0 Å². The fourth-order valence-electron chi connectivity index (χ4n) is 3.57. The number of methoxy groups -OCH3 is 1. The highest BCUT2D eigenvalue weighted by molar-refractivity contribution is 5.87. The Bertz CT molecular complexity index is 1280. The van der Waals surface area contributed by atoms with Crippen LogP contribution >= 0.6 is 0 Å². The number of fused-ring (bicyclic) bond motifs is 2. The molecule has 5 rings (SSSR count). The predicted molar refractivity (Wildman–Crippen MR) is 107 cm³/mol. The standard InChI is InChI=1S/C22H19N3O3/c1-13-17-11-15(26-2)8-9-19(17)27-21(13)22-24-20(28-25-22)10-7-14-12-23-18-6-4-3-5-16(14)18/h3-6,8-9,11-12,23H,7,10H2,1-2H3. The molecule has 0 atom stereocenters. The number of nitrogens with one attached hydrogen (secondary N) is 1. The molecule has 0 fully saturated rings. The van der Waals surface area contributed by atoms with Crippen molar-refractivity contribution < 1.29 is 13.7 Å². The molecule has 0 bridgehead atoms. The number of aromatic nitrogens is 3. The molecule has 0 saturated heterocycles. The normalized spacial score (nSPS) is 11.5. The van der Waals surface area contributed by atoms with Crippen LogP contribution in [0.15, 0.2) is 57.6 Å². The Kier molecular flexibility index (Phi) is 3.90. The average molecular weight is 373 g/mol. The average Bonchev–Trinajstić information content (AvgIpc) is 3.44. The number of ether oxygens (including phenoxy) is 1. The molecule has 6 nitrogen and oxygen atoms in total. The quantitative estimate of drug-likeness (QED) is 0.466. The number of benzene rings is 2. The summed E-state index contributed by atoms with van der Waals surface area (Å²) in [6, 6.07) is 14.0. The van der Waals surface area contributed by atoms with Crippen LogP contribution in [0.5, 0.6) is 5.75 Å². The molecule has 0 unspecified atom stereocenters. The van der Waals surface area contributed by atoms with Gasteiger partial charge in [-0.15, -0.1) is 0 Å². The van der Waals surface area contributed by atoms with E-state index in [1.54, 1.807) is 7.11 Å². The Morgan fingerprint density at radius 2 is 1.96 bits per heavy atom. The zero-order valence-corrected chi connectivity index (χ0v) is 15.7. The van der Waals surface area contributed by atoms with Crippen LogP contribution in [0.3, 0.4) is 0 Å². The van der Waals surface area contributed by atoms with Crippen LogP contribution in [0, 0.1) is 6.92 Å². The maximum absolute atomic E-state index is 5.96. The highest BCUT2D eigenvalue weighted by Crippen LogP contribution is 2.33. The van der Waals surface area contributed by atoms with Crippen LogP contribution in [-0.4, -0.2) is 22.2 Å². The van der Waals surface area contributed by atoms with E-state index in [0.29, 0.717) is 23.9 Å². The van der Waals surface area contributed by atoms with Gasteiger partial charge in [0.05, 0.1) is 7.11 Å². The first kappa shape index (κ1) is 16.6. The van der Waals surface area contributed by atoms with E-state index in [9.17, 15) is 0 Å². The molecule has 6 heteroatoms. The van der Waals surface area contributed by atoms with Gasteiger partial charge in [0.25, 0.3) is 0 Å². The summed E-state index contributed by atoms with van der Waals surface area (Å²) in [5, 5.41) is 6.34. The second kappa shape index (κ2) is 6.56. The third kappa shape index (κ3) is 2.74. The molecular weight excluding hydrogens is 354 g/mol. The molecule has 3 aromatic heterocycles.